The summed E-state index contributed by atoms with van der Waals surface area (Å²) < 4.78 is 34.4. The standard InChI is InChI=1S/C16H16F2N2O3S/c1-3-22-13-8-11(4-6-12(13)23-15(17)18)5-7-14(21)20-16-19-10(2)9-24-16/h4-9,15H,3H2,1-2H3,(H,19,20,21)/b7-5+. The number of alkyl halides is 2. The molecule has 8 heteroatoms. The van der Waals surface area contributed by atoms with Crippen LogP contribution in [0.5, 0.6) is 11.5 Å². The number of ether oxygens (including phenoxy) is 2. The quantitative estimate of drug-likeness (QED) is 0.761. The summed E-state index contributed by atoms with van der Waals surface area (Å²) in [5.74, 6) is -0.196. The van der Waals surface area contributed by atoms with Crippen molar-refractivity contribution >= 4 is 28.5 Å². The molecule has 0 atom stereocenters. The van der Waals surface area contributed by atoms with E-state index in [-0.39, 0.29) is 17.4 Å². The number of thiazole rings is 1. The average molecular weight is 354 g/mol. The van der Waals surface area contributed by atoms with Crippen molar-refractivity contribution in [1.82, 2.24) is 4.98 Å². The summed E-state index contributed by atoms with van der Waals surface area (Å²) in [7, 11) is 0. The Balaban J connectivity index is 2.07. The maximum Gasteiger partial charge on any atom is 0.387 e. The molecule has 0 unspecified atom stereocenters. The lowest BCUT2D eigenvalue weighted by Crippen LogP contribution is -2.07. The smallest absolute Gasteiger partial charge is 0.387 e. The number of carbonyl (C=O) groups excluding carboxylic acids is 1. The molecule has 1 aromatic carbocycles. The van der Waals surface area contributed by atoms with E-state index in [1.807, 2.05) is 12.3 Å². The van der Waals surface area contributed by atoms with Gasteiger partial charge in [0.2, 0.25) is 5.91 Å². The molecule has 2 rings (SSSR count). The lowest BCUT2D eigenvalue weighted by Gasteiger charge is -2.11. The minimum atomic E-state index is -2.93. The topological polar surface area (TPSA) is 60.5 Å². The van der Waals surface area contributed by atoms with E-state index in [9.17, 15) is 13.6 Å². The fraction of sp³-hybridized carbons (Fsp3) is 0.250. The van der Waals surface area contributed by atoms with E-state index in [1.54, 1.807) is 19.1 Å². The number of hydrogen-bond acceptors (Lipinski definition) is 5. The van der Waals surface area contributed by atoms with E-state index in [0.29, 0.717) is 17.3 Å². The second-order valence-electron chi connectivity index (χ2n) is 4.63. The molecule has 1 heterocycles. The van der Waals surface area contributed by atoms with E-state index in [0.717, 1.165) is 5.69 Å². The van der Waals surface area contributed by atoms with E-state index < -0.39 is 6.61 Å². The molecule has 0 aliphatic carbocycles. The molecule has 1 aromatic heterocycles. The van der Waals surface area contributed by atoms with E-state index in [2.05, 4.69) is 15.0 Å². The third kappa shape index (κ3) is 5.31. The molecule has 1 N–H and O–H groups in total. The lowest BCUT2D eigenvalue weighted by molar-refractivity contribution is -0.111. The van der Waals surface area contributed by atoms with Crippen LogP contribution in [0.25, 0.3) is 6.08 Å². The van der Waals surface area contributed by atoms with Gasteiger partial charge in [0.1, 0.15) is 0 Å². The highest BCUT2D eigenvalue weighted by Gasteiger charge is 2.11. The molecule has 0 radical (unpaired) electrons. The highest BCUT2D eigenvalue weighted by atomic mass is 32.1. The summed E-state index contributed by atoms with van der Waals surface area (Å²) in [6.45, 7) is 0.938. The van der Waals surface area contributed by atoms with Crippen LogP contribution in [0.2, 0.25) is 0 Å². The highest BCUT2D eigenvalue weighted by molar-refractivity contribution is 7.13. The van der Waals surface area contributed by atoms with Crippen LogP contribution in [0.1, 0.15) is 18.2 Å². The van der Waals surface area contributed by atoms with Gasteiger partial charge in [-0.2, -0.15) is 8.78 Å². The second-order valence-corrected chi connectivity index (χ2v) is 5.49. The van der Waals surface area contributed by atoms with Gasteiger partial charge < -0.3 is 9.47 Å². The minimum Gasteiger partial charge on any atom is -0.490 e. The first kappa shape index (κ1) is 17.9. The van der Waals surface area contributed by atoms with Crippen LogP contribution in [0.15, 0.2) is 29.7 Å². The number of aryl methyl sites for hydroxylation is 1. The highest BCUT2D eigenvalue weighted by Crippen LogP contribution is 2.30. The number of amides is 1. The molecule has 0 fully saturated rings. The molecule has 0 saturated heterocycles. The predicted octanol–water partition coefficient (Wildman–Crippen LogP) is 4.10. The van der Waals surface area contributed by atoms with Crippen molar-refractivity contribution in [2.24, 2.45) is 0 Å². The summed E-state index contributed by atoms with van der Waals surface area (Å²) in [5, 5.41) is 4.98. The van der Waals surface area contributed by atoms with Gasteiger partial charge in [0.25, 0.3) is 0 Å². The molecule has 5 nitrogen and oxygen atoms in total. The van der Waals surface area contributed by atoms with E-state index in [1.165, 1.54) is 29.5 Å². The summed E-state index contributed by atoms with van der Waals surface area (Å²) >= 11 is 1.33. The van der Waals surface area contributed by atoms with Gasteiger partial charge in [0, 0.05) is 11.5 Å². The molecule has 0 spiro atoms. The summed E-state index contributed by atoms with van der Waals surface area (Å²) in [6, 6.07) is 4.45. The number of carbonyl (C=O) groups is 1. The molecule has 24 heavy (non-hydrogen) atoms. The van der Waals surface area contributed by atoms with Crippen molar-refractivity contribution in [1.29, 1.82) is 0 Å². The van der Waals surface area contributed by atoms with Crippen LogP contribution in [0, 0.1) is 6.92 Å². The minimum absolute atomic E-state index is 0.0493. The molecular weight excluding hydrogens is 338 g/mol. The molecule has 0 saturated carbocycles. The van der Waals surface area contributed by atoms with Crippen molar-refractivity contribution in [2.75, 3.05) is 11.9 Å². The zero-order valence-corrected chi connectivity index (χ0v) is 13.9. The Kier molecular flexibility index (Phi) is 6.25. The first-order valence-electron chi connectivity index (χ1n) is 7.10. The Morgan fingerprint density at radius 3 is 2.83 bits per heavy atom. The third-order valence-electron chi connectivity index (χ3n) is 2.76. The number of hydrogen-bond donors (Lipinski definition) is 1. The molecule has 0 aliphatic rings. The number of nitrogens with zero attached hydrogens (tertiary/aromatic N) is 1. The molecule has 0 bridgehead atoms. The van der Waals surface area contributed by atoms with Crippen molar-refractivity contribution < 1.29 is 23.0 Å². The number of halogens is 2. The van der Waals surface area contributed by atoms with E-state index >= 15 is 0 Å². The fourth-order valence-corrected chi connectivity index (χ4v) is 2.51. The monoisotopic (exact) mass is 354 g/mol. The Labute approximate surface area is 141 Å². The molecular formula is C16H16F2N2O3S. The molecule has 1 amide bonds. The van der Waals surface area contributed by atoms with Gasteiger partial charge in [-0.25, -0.2) is 4.98 Å². The SMILES string of the molecule is CCOc1cc(/C=C/C(=O)Nc2nc(C)cs2)ccc1OC(F)F. The number of benzene rings is 1. The lowest BCUT2D eigenvalue weighted by atomic mass is 10.2. The Morgan fingerprint density at radius 1 is 1.42 bits per heavy atom. The zero-order chi connectivity index (χ0) is 17.5. The fourth-order valence-electron chi connectivity index (χ4n) is 1.82. The summed E-state index contributed by atoms with van der Waals surface area (Å²) in [4.78, 5) is 16.0. The van der Waals surface area contributed by atoms with Gasteiger partial charge >= 0.3 is 6.61 Å². The number of nitrogens with one attached hydrogen (secondary N) is 1. The molecule has 2 aromatic rings. The van der Waals surface area contributed by atoms with Crippen LogP contribution >= 0.6 is 11.3 Å². The first-order valence-corrected chi connectivity index (χ1v) is 7.98. The number of aromatic nitrogens is 1. The Morgan fingerprint density at radius 2 is 2.21 bits per heavy atom. The van der Waals surface area contributed by atoms with Crippen LogP contribution < -0.4 is 14.8 Å². The third-order valence-corrected chi connectivity index (χ3v) is 3.64. The van der Waals surface area contributed by atoms with Crippen molar-refractivity contribution in [2.45, 2.75) is 20.5 Å². The van der Waals surface area contributed by atoms with Crippen LogP contribution in [-0.4, -0.2) is 24.1 Å². The zero-order valence-electron chi connectivity index (χ0n) is 13.1. The van der Waals surface area contributed by atoms with Crippen LogP contribution in [-0.2, 0) is 4.79 Å². The van der Waals surface area contributed by atoms with Gasteiger partial charge in [-0.3, -0.25) is 10.1 Å². The Hall–Kier alpha value is -2.48. The van der Waals surface area contributed by atoms with Crippen LogP contribution in [0.4, 0.5) is 13.9 Å². The van der Waals surface area contributed by atoms with Gasteiger partial charge in [-0.05, 0) is 37.6 Å². The first-order chi connectivity index (χ1) is 11.5. The van der Waals surface area contributed by atoms with Gasteiger partial charge in [-0.1, -0.05) is 6.07 Å². The second kappa shape index (κ2) is 8.39. The normalized spacial score (nSPS) is 11.0. The maximum absolute atomic E-state index is 12.4. The van der Waals surface area contributed by atoms with Crippen molar-refractivity contribution in [3.63, 3.8) is 0 Å². The average Bonchev–Trinajstić information content (AvgIpc) is 2.92. The van der Waals surface area contributed by atoms with Gasteiger partial charge in [-0.15, -0.1) is 11.3 Å². The maximum atomic E-state index is 12.4. The number of anilines is 1. The summed E-state index contributed by atoms with van der Waals surface area (Å²) in [6.07, 6.45) is 2.87. The van der Waals surface area contributed by atoms with E-state index in [4.69, 9.17) is 4.74 Å². The Bertz CT molecular complexity index is 732. The molecule has 128 valence electrons. The largest absolute Gasteiger partial charge is 0.490 e. The molecule has 0 aliphatic heterocycles. The van der Waals surface area contributed by atoms with Crippen molar-refractivity contribution in [3.05, 3.63) is 40.9 Å². The van der Waals surface area contributed by atoms with Gasteiger partial charge in [0.05, 0.1) is 12.3 Å². The van der Waals surface area contributed by atoms with Crippen molar-refractivity contribution in [3.8, 4) is 11.5 Å². The summed E-state index contributed by atoms with van der Waals surface area (Å²) in [5.41, 5.74) is 1.45. The number of rotatable bonds is 7. The predicted molar refractivity (Wildman–Crippen MR) is 88.8 cm³/mol. The van der Waals surface area contributed by atoms with Gasteiger partial charge in [0.15, 0.2) is 16.6 Å². The van der Waals surface area contributed by atoms with Crippen LogP contribution in [0.3, 0.4) is 0 Å².